The van der Waals surface area contributed by atoms with Crippen molar-refractivity contribution in [3.63, 3.8) is 0 Å². The Morgan fingerprint density at radius 3 is 2.56 bits per heavy atom. The second-order valence-corrected chi connectivity index (χ2v) is 3.73. The molecule has 90 valence electrons. The summed E-state index contributed by atoms with van der Waals surface area (Å²) in [5.74, 6) is -0.378. The summed E-state index contributed by atoms with van der Waals surface area (Å²) in [5, 5.41) is 12.9. The zero-order valence-electron chi connectivity index (χ0n) is 10.0. The molecule has 0 aliphatic rings. The van der Waals surface area contributed by atoms with Gasteiger partial charge in [-0.2, -0.15) is 10.4 Å². The second-order valence-electron chi connectivity index (χ2n) is 3.73. The van der Waals surface area contributed by atoms with E-state index in [9.17, 15) is 4.79 Å². The first-order valence-corrected chi connectivity index (χ1v) is 5.31. The molecule has 0 bridgehead atoms. The summed E-state index contributed by atoms with van der Waals surface area (Å²) in [6, 6.07) is 10.5. The number of benzene rings is 1. The van der Waals surface area contributed by atoms with Gasteiger partial charge in [0.25, 0.3) is 0 Å². The van der Waals surface area contributed by atoms with Gasteiger partial charge < -0.3 is 4.74 Å². The first-order valence-electron chi connectivity index (χ1n) is 5.31. The third-order valence-corrected chi connectivity index (χ3v) is 2.53. The van der Waals surface area contributed by atoms with Gasteiger partial charge in [0, 0.05) is 5.69 Å². The Morgan fingerprint density at radius 2 is 2.06 bits per heavy atom. The van der Waals surface area contributed by atoms with E-state index in [2.05, 4.69) is 9.84 Å². The van der Waals surface area contributed by atoms with Crippen molar-refractivity contribution in [1.29, 1.82) is 5.26 Å². The van der Waals surface area contributed by atoms with Crippen LogP contribution in [0.5, 0.6) is 0 Å². The Bertz CT molecular complexity index is 621. The van der Waals surface area contributed by atoms with Crippen molar-refractivity contribution in [3.05, 3.63) is 47.3 Å². The van der Waals surface area contributed by atoms with Crippen LogP contribution in [-0.4, -0.2) is 22.9 Å². The lowest BCUT2D eigenvalue weighted by Crippen LogP contribution is -2.03. The highest BCUT2D eigenvalue weighted by atomic mass is 16.5. The zero-order valence-corrected chi connectivity index (χ0v) is 10.0. The smallest absolute Gasteiger partial charge is 0.337 e. The van der Waals surface area contributed by atoms with E-state index in [4.69, 9.17) is 5.26 Å². The normalized spacial score (nSPS) is 9.83. The van der Waals surface area contributed by atoms with Gasteiger partial charge in [-0.15, -0.1) is 0 Å². The van der Waals surface area contributed by atoms with Gasteiger partial charge >= 0.3 is 5.97 Å². The Balaban J connectivity index is 2.37. The van der Waals surface area contributed by atoms with E-state index in [0.29, 0.717) is 11.3 Å². The van der Waals surface area contributed by atoms with Crippen molar-refractivity contribution in [3.8, 4) is 11.8 Å². The van der Waals surface area contributed by atoms with Gasteiger partial charge in [-0.1, -0.05) is 0 Å². The first kappa shape index (κ1) is 11.9. The fraction of sp³-hybridized carbons (Fsp3) is 0.154. The van der Waals surface area contributed by atoms with Gasteiger partial charge in [0.05, 0.1) is 18.4 Å². The lowest BCUT2D eigenvalue weighted by molar-refractivity contribution is 0.0601. The summed E-state index contributed by atoms with van der Waals surface area (Å²) in [5.41, 5.74) is 2.50. The third kappa shape index (κ3) is 2.09. The highest BCUT2D eigenvalue weighted by molar-refractivity contribution is 5.89. The maximum atomic E-state index is 11.3. The maximum absolute atomic E-state index is 11.3. The molecule has 1 heterocycles. The molecule has 2 aromatic rings. The number of hydrogen-bond acceptors (Lipinski definition) is 4. The molecule has 0 spiro atoms. The minimum absolute atomic E-state index is 0.365. The Labute approximate surface area is 104 Å². The predicted molar refractivity (Wildman–Crippen MR) is 64.4 cm³/mol. The van der Waals surface area contributed by atoms with Crippen LogP contribution < -0.4 is 0 Å². The van der Waals surface area contributed by atoms with Crippen LogP contribution >= 0.6 is 0 Å². The van der Waals surface area contributed by atoms with Crippen LogP contribution in [0.4, 0.5) is 0 Å². The Kier molecular flexibility index (Phi) is 3.11. The summed E-state index contributed by atoms with van der Waals surface area (Å²) in [4.78, 5) is 11.3. The molecule has 1 aromatic carbocycles. The molecule has 2 rings (SSSR count). The number of aryl methyl sites for hydroxylation is 1. The van der Waals surface area contributed by atoms with Crippen LogP contribution in [-0.2, 0) is 4.74 Å². The number of nitriles is 1. The van der Waals surface area contributed by atoms with E-state index in [1.807, 2.05) is 13.0 Å². The van der Waals surface area contributed by atoms with Crippen LogP contribution in [0, 0.1) is 18.3 Å². The molecule has 0 N–H and O–H groups in total. The molecule has 0 unspecified atom stereocenters. The molecular formula is C13H11N3O2. The standard InChI is InChI=1S/C13H11N3O2/c1-9-7-11(8-14)15-16(9)12-5-3-10(4-6-12)13(17)18-2/h3-7H,1-2H3. The molecule has 0 radical (unpaired) electrons. The SMILES string of the molecule is COC(=O)c1ccc(-n2nc(C#N)cc2C)cc1. The van der Waals surface area contributed by atoms with Gasteiger partial charge in [-0.25, -0.2) is 9.48 Å². The number of ether oxygens (including phenoxy) is 1. The van der Waals surface area contributed by atoms with Crippen molar-refractivity contribution in [2.75, 3.05) is 7.11 Å². The Hall–Kier alpha value is -2.61. The van der Waals surface area contributed by atoms with Crippen molar-refractivity contribution in [1.82, 2.24) is 9.78 Å². The lowest BCUT2D eigenvalue weighted by atomic mass is 10.2. The topological polar surface area (TPSA) is 67.9 Å². The zero-order chi connectivity index (χ0) is 13.1. The van der Waals surface area contributed by atoms with Crippen molar-refractivity contribution in [2.45, 2.75) is 6.92 Å². The van der Waals surface area contributed by atoms with Gasteiger partial charge in [-0.05, 0) is 37.3 Å². The van der Waals surface area contributed by atoms with Crippen molar-refractivity contribution in [2.24, 2.45) is 0 Å². The van der Waals surface area contributed by atoms with Crippen LogP contribution in [0.3, 0.4) is 0 Å². The van der Waals surface area contributed by atoms with Gasteiger partial charge in [0.2, 0.25) is 0 Å². The quantitative estimate of drug-likeness (QED) is 0.752. The second kappa shape index (κ2) is 4.72. The molecule has 0 saturated carbocycles. The van der Waals surface area contributed by atoms with Gasteiger partial charge in [0.1, 0.15) is 6.07 Å². The van der Waals surface area contributed by atoms with E-state index in [0.717, 1.165) is 11.4 Å². The summed E-state index contributed by atoms with van der Waals surface area (Å²) >= 11 is 0. The van der Waals surface area contributed by atoms with E-state index in [1.54, 1.807) is 35.0 Å². The van der Waals surface area contributed by atoms with Crippen molar-refractivity contribution < 1.29 is 9.53 Å². The van der Waals surface area contributed by atoms with Crippen LogP contribution in [0.1, 0.15) is 21.7 Å². The molecule has 0 fully saturated rings. The molecule has 18 heavy (non-hydrogen) atoms. The van der Waals surface area contributed by atoms with E-state index < -0.39 is 0 Å². The fourth-order valence-corrected chi connectivity index (χ4v) is 1.65. The highest BCUT2D eigenvalue weighted by Gasteiger charge is 2.08. The largest absolute Gasteiger partial charge is 0.465 e. The van der Waals surface area contributed by atoms with Crippen molar-refractivity contribution >= 4 is 5.97 Å². The molecule has 0 amide bonds. The molecule has 0 aliphatic carbocycles. The van der Waals surface area contributed by atoms with Gasteiger partial charge in [0.15, 0.2) is 5.69 Å². The predicted octanol–water partition coefficient (Wildman–Crippen LogP) is 1.84. The summed E-state index contributed by atoms with van der Waals surface area (Å²) < 4.78 is 6.28. The number of hydrogen-bond donors (Lipinski definition) is 0. The number of esters is 1. The maximum Gasteiger partial charge on any atom is 0.337 e. The lowest BCUT2D eigenvalue weighted by Gasteiger charge is -2.05. The highest BCUT2D eigenvalue weighted by Crippen LogP contribution is 2.13. The summed E-state index contributed by atoms with van der Waals surface area (Å²) in [6.45, 7) is 1.86. The molecule has 5 heteroatoms. The fourth-order valence-electron chi connectivity index (χ4n) is 1.65. The van der Waals surface area contributed by atoms with E-state index in [1.165, 1.54) is 7.11 Å². The van der Waals surface area contributed by atoms with Crippen LogP contribution in [0.25, 0.3) is 5.69 Å². The number of nitrogens with zero attached hydrogens (tertiary/aromatic N) is 3. The molecule has 0 aliphatic heterocycles. The molecule has 0 saturated heterocycles. The molecule has 5 nitrogen and oxygen atoms in total. The summed E-state index contributed by atoms with van der Waals surface area (Å²) in [7, 11) is 1.34. The molecule has 1 aromatic heterocycles. The van der Waals surface area contributed by atoms with Crippen LogP contribution in [0.2, 0.25) is 0 Å². The first-order chi connectivity index (χ1) is 8.65. The number of aromatic nitrogens is 2. The minimum atomic E-state index is -0.378. The Morgan fingerprint density at radius 1 is 1.39 bits per heavy atom. The number of carbonyl (C=O) groups is 1. The summed E-state index contributed by atoms with van der Waals surface area (Å²) in [6.07, 6.45) is 0. The molecular weight excluding hydrogens is 230 g/mol. The van der Waals surface area contributed by atoms with E-state index >= 15 is 0 Å². The number of methoxy groups -OCH3 is 1. The van der Waals surface area contributed by atoms with Gasteiger partial charge in [-0.3, -0.25) is 0 Å². The third-order valence-electron chi connectivity index (χ3n) is 2.53. The monoisotopic (exact) mass is 241 g/mol. The average molecular weight is 241 g/mol. The number of carbonyl (C=O) groups excluding carboxylic acids is 1. The molecule has 0 atom stereocenters. The van der Waals surface area contributed by atoms with Crippen LogP contribution in [0.15, 0.2) is 30.3 Å². The average Bonchev–Trinajstić information content (AvgIpc) is 2.79. The van der Waals surface area contributed by atoms with E-state index in [-0.39, 0.29) is 5.97 Å². The minimum Gasteiger partial charge on any atom is -0.465 e. The number of rotatable bonds is 2.